The first-order chi connectivity index (χ1) is 13.7. The van der Waals surface area contributed by atoms with Gasteiger partial charge in [-0.1, -0.05) is 30.3 Å². The number of halogens is 1. The molecule has 2 aromatic carbocycles. The topological polar surface area (TPSA) is 88.8 Å². The highest BCUT2D eigenvalue weighted by Crippen LogP contribution is 2.17. The third kappa shape index (κ3) is 6.31. The number of benzene rings is 2. The van der Waals surface area contributed by atoms with E-state index in [1.54, 1.807) is 25.4 Å². The highest BCUT2D eigenvalue weighted by atomic mass is 127. The van der Waals surface area contributed by atoms with E-state index in [0.29, 0.717) is 30.5 Å². The van der Waals surface area contributed by atoms with E-state index in [1.807, 2.05) is 42.5 Å². The van der Waals surface area contributed by atoms with E-state index in [0.717, 1.165) is 16.8 Å². The second-order valence-electron chi connectivity index (χ2n) is 5.98. The lowest BCUT2D eigenvalue weighted by Gasteiger charge is -2.11. The number of ether oxygens (including phenoxy) is 1. The molecule has 7 nitrogen and oxygen atoms in total. The number of carbonyl (C=O) groups is 1. The van der Waals surface area contributed by atoms with E-state index >= 15 is 0 Å². The first-order valence-corrected chi connectivity index (χ1v) is 8.81. The number of nitrogens with one attached hydrogen (secondary N) is 2. The van der Waals surface area contributed by atoms with Gasteiger partial charge in [0.25, 0.3) is 0 Å². The molecule has 3 rings (SSSR count). The number of hydrogen-bond donors (Lipinski definition) is 2. The third-order valence-electron chi connectivity index (χ3n) is 4.07. The van der Waals surface area contributed by atoms with Crippen molar-refractivity contribution in [2.45, 2.75) is 13.1 Å². The smallest absolute Gasteiger partial charge is 0.337 e. The normalized spacial score (nSPS) is 10.8. The zero-order valence-corrected chi connectivity index (χ0v) is 18.5. The Labute approximate surface area is 186 Å². The minimum atomic E-state index is -0.348. The molecule has 0 atom stereocenters. The van der Waals surface area contributed by atoms with E-state index < -0.39 is 0 Å². The van der Waals surface area contributed by atoms with Crippen molar-refractivity contribution in [2.24, 2.45) is 4.99 Å². The first kappa shape index (κ1) is 22.4. The van der Waals surface area contributed by atoms with Gasteiger partial charge in [-0.05, 0) is 29.8 Å². The minimum Gasteiger partial charge on any atom is -0.465 e. The highest BCUT2D eigenvalue weighted by Gasteiger charge is 2.08. The van der Waals surface area contributed by atoms with Crippen molar-refractivity contribution in [3.05, 3.63) is 77.7 Å². The monoisotopic (exact) mass is 506 g/mol. The number of guanidine groups is 1. The van der Waals surface area contributed by atoms with Crippen LogP contribution in [-0.4, -0.2) is 31.1 Å². The van der Waals surface area contributed by atoms with Crippen molar-refractivity contribution in [3.8, 4) is 11.5 Å². The number of carbonyl (C=O) groups excluding carboxylic acids is 1. The lowest BCUT2D eigenvalue weighted by Crippen LogP contribution is -2.36. The summed E-state index contributed by atoms with van der Waals surface area (Å²) in [5, 5.41) is 6.42. The summed E-state index contributed by atoms with van der Waals surface area (Å²) >= 11 is 0. The molecule has 8 heteroatoms. The van der Waals surface area contributed by atoms with Crippen LogP contribution in [0.5, 0.6) is 0 Å². The van der Waals surface area contributed by atoms with E-state index in [2.05, 4.69) is 20.6 Å². The maximum Gasteiger partial charge on any atom is 0.337 e. The Morgan fingerprint density at radius 1 is 1.07 bits per heavy atom. The SMILES string of the molecule is CN=C(NCc1ccc(C(=O)OC)cc1)NCc1coc(-c2ccccc2)n1.I. The van der Waals surface area contributed by atoms with Crippen LogP contribution in [-0.2, 0) is 17.8 Å². The maximum atomic E-state index is 11.5. The molecule has 3 aromatic rings. The number of oxazole rings is 1. The molecule has 0 aliphatic rings. The van der Waals surface area contributed by atoms with Crippen LogP contribution in [0.4, 0.5) is 0 Å². The summed E-state index contributed by atoms with van der Waals surface area (Å²) in [6.45, 7) is 1.05. The molecular weight excluding hydrogens is 483 g/mol. The second kappa shape index (κ2) is 11.2. The second-order valence-corrected chi connectivity index (χ2v) is 5.98. The molecule has 1 heterocycles. The molecule has 0 amide bonds. The number of aromatic nitrogens is 1. The number of esters is 1. The van der Waals surface area contributed by atoms with Crippen molar-refractivity contribution in [1.82, 2.24) is 15.6 Å². The molecule has 0 saturated carbocycles. The lowest BCUT2D eigenvalue weighted by molar-refractivity contribution is 0.0600. The molecule has 0 unspecified atom stereocenters. The summed E-state index contributed by atoms with van der Waals surface area (Å²) in [5.74, 6) is 0.881. The van der Waals surface area contributed by atoms with Crippen LogP contribution in [0.15, 0.2) is 70.3 Å². The van der Waals surface area contributed by atoms with E-state index in [1.165, 1.54) is 7.11 Å². The van der Waals surface area contributed by atoms with Crippen molar-refractivity contribution in [1.29, 1.82) is 0 Å². The molecule has 0 saturated heterocycles. The molecule has 0 bridgehead atoms. The van der Waals surface area contributed by atoms with E-state index in [-0.39, 0.29) is 29.9 Å². The average Bonchev–Trinajstić information content (AvgIpc) is 3.23. The van der Waals surface area contributed by atoms with Gasteiger partial charge in [0.2, 0.25) is 5.89 Å². The summed E-state index contributed by atoms with van der Waals surface area (Å²) in [5.41, 5.74) is 3.26. The van der Waals surface area contributed by atoms with Gasteiger partial charge in [0.1, 0.15) is 6.26 Å². The molecule has 0 spiro atoms. The maximum absolute atomic E-state index is 11.5. The first-order valence-electron chi connectivity index (χ1n) is 8.81. The molecule has 29 heavy (non-hydrogen) atoms. The van der Waals surface area contributed by atoms with Gasteiger partial charge in [0.05, 0.1) is 24.9 Å². The van der Waals surface area contributed by atoms with E-state index in [9.17, 15) is 4.79 Å². The van der Waals surface area contributed by atoms with Crippen LogP contribution >= 0.6 is 24.0 Å². The van der Waals surface area contributed by atoms with Crippen LogP contribution in [0.3, 0.4) is 0 Å². The Morgan fingerprint density at radius 3 is 2.41 bits per heavy atom. The van der Waals surface area contributed by atoms with Crippen LogP contribution < -0.4 is 10.6 Å². The van der Waals surface area contributed by atoms with Crippen molar-refractivity contribution in [2.75, 3.05) is 14.2 Å². The largest absolute Gasteiger partial charge is 0.465 e. The van der Waals surface area contributed by atoms with E-state index in [4.69, 9.17) is 9.15 Å². The summed E-state index contributed by atoms with van der Waals surface area (Å²) in [4.78, 5) is 20.2. The Bertz CT molecular complexity index is 940. The van der Waals surface area contributed by atoms with Gasteiger partial charge in [-0.25, -0.2) is 9.78 Å². The summed E-state index contributed by atoms with van der Waals surface area (Å²) < 4.78 is 10.2. The summed E-state index contributed by atoms with van der Waals surface area (Å²) in [6.07, 6.45) is 1.63. The van der Waals surface area contributed by atoms with Crippen LogP contribution in [0.2, 0.25) is 0 Å². The van der Waals surface area contributed by atoms with Crippen LogP contribution in [0.25, 0.3) is 11.5 Å². The van der Waals surface area contributed by atoms with Gasteiger partial charge in [-0.3, -0.25) is 4.99 Å². The van der Waals surface area contributed by atoms with Crippen LogP contribution in [0, 0.1) is 0 Å². The molecule has 0 aliphatic carbocycles. The van der Waals surface area contributed by atoms with Crippen molar-refractivity contribution < 1.29 is 13.9 Å². The van der Waals surface area contributed by atoms with Gasteiger partial charge in [0.15, 0.2) is 5.96 Å². The Hall–Kier alpha value is -2.88. The number of rotatable bonds is 6. The number of hydrogen-bond acceptors (Lipinski definition) is 5. The van der Waals surface area contributed by atoms with Gasteiger partial charge >= 0.3 is 5.97 Å². The zero-order valence-electron chi connectivity index (χ0n) is 16.2. The molecule has 0 radical (unpaired) electrons. The van der Waals surface area contributed by atoms with Crippen molar-refractivity contribution >= 4 is 35.9 Å². The summed E-state index contributed by atoms with van der Waals surface area (Å²) in [6, 6.07) is 17.0. The fraction of sp³-hybridized carbons (Fsp3) is 0.190. The quantitative estimate of drug-likeness (QED) is 0.230. The van der Waals surface area contributed by atoms with Gasteiger partial charge in [-0.15, -0.1) is 24.0 Å². The lowest BCUT2D eigenvalue weighted by atomic mass is 10.1. The minimum absolute atomic E-state index is 0. The number of aliphatic imine (C=N–C) groups is 1. The Kier molecular flexibility index (Phi) is 8.66. The molecule has 2 N–H and O–H groups in total. The Morgan fingerprint density at radius 2 is 1.76 bits per heavy atom. The van der Waals surface area contributed by atoms with Gasteiger partial charge in [-0.2, -0.15) is 0 Å². The fourth-order valence-corrected chi connectivity index (χ4v) is 2.56. The summed E-state index contributed by atoms with van der Waals surface area (Å²) in [7, 11) is 3.07. The molecule has 152 valence electrons. The fourth-order valence-electron chi connectivity index (χ4n) is 2.56. The average molecular weight is 506 g/mol. The standard InChI is InChI=1S/C21H22N4O3.HI/c1-22-21(23-12-15-8-10-17(11-9-15)20(26)27-2)24-13-18-14-28-19(25-18)16-6-4-3-5-7-16;/h3-11,14H,12-13H2,1-2H3,(H2,22,23,24);1H. The number of nitrogens with zero attached hydrogens (tertiary/aromatic N) is 2. The zero-order chi connectivity index (χ0) is 19.8. The Balaban J connectivity index is 0.00000300. The van der Waals surface area contributed by atoms with Gasteiger partial charge in [0, 0.05) is 19.2 Å². The van der Waals surface area contributed by atoms with Crippen LogP contribution in [0.1, 0.15) is 21.6 Å². The molecular formula is C21H23IN4O3. The number of methoxy groups -OCH3 is 1. The predicted molar refractivity (Wildman–Crippen MR) is 122 cm³/mol. The van der Waals surface area contributed by atoms with Gasteiger partial charge < -0.3 is 19.8 Å². The molecule has 1 aromatic heterocycles. The molecule has 0 aliphatic heterocycles. The third-order valence-corrected chi connectivity index (χ3v) is 4.07. The predicted octanol–water partition coefficient (Wildman–Crippen LogP) is 3.61. The highest BCUT2D eigenvalue weighted by molar-refractivity contribution is 14.0. The van der Waals surface area contributed by atoms with Crippen molar-refractivity contribution in [3.63, 3.8) is 0 Å². The molecule has 0 fully saturated rings.